The van der Waals surface area contributed by atoms with E-state index in [9.17, 15) is 14.2 Å². The quantitative estimate of drug-likeness (QED) is 0.168. The Morgan fingerprint density at radius 3 is 2.96 bits per heavy atom. The first-order chi connectivity index (χ1) is 12.5. The van der Waals surface area contributed by atoms with Crippen molar-refractivity contribution in [2.45, 2.75) is 0 Å². The zero-order valence-electron chi connectivity index (χ0n) is 13.2. The van der Waals surface area contributed by atoms with Crippen molar-refractivity contribution in [1.82, 2.24) is 14.6 Å². The molecule has 1 aliphatic heterocycles. The third-order valence-electron chi connectivity index (χ3n) is 3.73. The average Bonchev–Trinajstić information content (AvgIpc) is 3.02. The van der Waals surface area contributed by atoms with Gasteiger partial charge in [-0.15, -0.1) is 9.44 Å². The number of anilines is 2. The Hall–Kier alpha value is -1.93. The number of amidine groups is 1. The highest BCUT2D eigenvalue weighted by molar-refractivity contribution is 9.10. The van der Waals surface area contributed by atoms with Crippen LogP contribution in [0.3, 0.4) is 0 Å². The molecule has 1 aromatic carbocycles. The van der Waals surface area contributed by atoms with Gasteiger partial charge in [0.25, 0.3) is 0 Å². The van der Waals surface area contributed by atoms with E-state index in [1.54, 1.807) is 4.31 Å². The molecule has 140 valence electrons. The lowest BCUT2D eigenvalue weighted by Crippen LogP contribution is -2.54. The molecule has 10 nitrogen and oxygen atoms in total. The van der Waals surface area contributed by atoms with E-state index in [1.807, 2.05) is 0 Å². The van der Waals surface area contributed by atoms with Crippen molar-refractivity contribution in [3.8, 4) is 0 Å². The van der Waals surface area contributed by atoms with Crippen molar-refractivity contribution >= 4 is 44.8 Å². The number of nitrogens with zero attached hydrogens (tertiary/aromatic N) is 4. The monoisotopic (exact) mass is 447 g/mol. The molecule has 0 bridgehead atoms. The van der Waals surface area contributed by atoms with Gasteiger partial charge in [0.2, 0.25) is 11.7 Å². The van der Waals surface area contributed by atoms with Crippen LogP contribution in [0.2, 0.25) is 0 Å². The molecule has 1 saturated heterocycles. The smallest absolute Gasteiger partial charge is 0.203 e. The summed E-state index contributed by atoms with van der Waals surface area (Å²) in [5.41, 5.74) is 0.631. The summed E-state index contributed by atoms with van der Waals surface area (Å²) in [4.78, 5) is 0. The predicted octanol–water partition coefficient (Wildman–Crippen LogP) is 1.10. The van der Waals surface area contributed by atoms with Crippen LogP contribution in [0.15, 0.2) is 32.5 Å². The molecule has 5 N–H and O–H groups in total. The van der Waals surface area contributed by atoms with E-state index >= 15 is 0 Å². The topological polar surface area (TPSA) is 148 Å². The van der Waals surface area contributed by atoms with Crippen LogP contribution in [0.1, 0.15) is 5.69 Å². The molecule has 1 atom stereocenters. The Bertz CT molecular complexity index is 800. The Balaban J connectivity index is 1.63. The van der Waals surface area contributed by atoms with E-state index in [2.05, 4.69) is 42.0 Å². The molecule has 0 radical (unpaired) electrons. The molecule has 0 saturated carbocycles. The minimum absolute atomic E-state index is 0.0226. The summed E-state index contributed by atoms with van der Waals surface area (Å²) in [6, 6.07) is 4.21. The maximum atomic E-state index is 13.3. The first kappa shape index (κ1) is 18.8. The van der Waals surface area contributed by atoms with Crippen molar-refractivity contribution in [2.75, 3.05) is 30.3 Å². The fourth-order valence-electron chi connectivity index (χ4n) is 2.34. The number of nitrogens with one attached hydrogen (secondary N) is 2. The number of hydrogen-bond donors (Lipinski definition) is 4. The summed E-state index contributed by atoms with van der Waals surface area (Å²) in [6.45, 7) is 1.72. The molecular weight excluding hydrogens is 433 g/mol. The highest BCUT2D eigenvalue weighted by atomic mass is 79.9. The van der Waals surface area contributed by atoms with Gasteiger partial charge >= 0.3 is 0 Å². The summed E-state index contributed by atoms with van der Waals surface area (Å²) in [5, 5.41) is 31.1. The Kier molecular flexibility index (Phi) is 5.93. The van der Waals surface area contributed by atoms with Gasteiger partial charge in [0.05, 0.1) is 17.6 Å². The minimum atomic E-state index is -1.46. The van der Waals surface area contributed by atoms with E-state index in [1.165, 1.54) is 18.2 Å². The molecule has 0 amide bonds. The number of aromatic nitrogens is 2. The van der Waals surface area contributed by atoms with E-state index in [-0.39, 0.29) is 27.7 Å². The van der Waals surface area contributed by atoms with Crippen molar-refractivity contribution in [2.24, 2.45) is 16.2 Å². The first-order valence-corrected chi connectivity index (χ1v) is 9.36. The molecule has 0 spiro atoms. The van der Waals surface area contributed by atoms with Crippen molar-refractivity contribution in [1.29, 1.82) is 0 Å². The highest BCUT2D eigenvalue weighted by Crippen LogP contribution is 2.22. The minimum Gasteiger partial charge on any atom is -0.579 e. The summed E-state index contributed by atoms with van der Waals surface area (Å²) >= 11 is 1.62. The van der Waals surface area contributed by atoms with Gasteiger partial charge in [-0.1, -0.05) is 5.16 Å². The zero-order chi connectivity index (χ0) is 18.7. The standard InChI is InChI=1S/C13H15BrFN7O3S/c14-9-3-8(1-2-10(9)15)18-13(19-23)11-12(21-25-20-11)17-4-7-5-22(6-7)26(16)24/h1-3,7,23H,4-6,16H2,(H,17,21)(H,18,19). The second-order valence-electron chi connectivity index (χ2n) is 5.53. The highest BCUT2D eigenvalue weighted by Gasteiger charge is 2.34. The number of halogens is 2. The van der Waals surface area contributed by atoms with Crippen LogP contribution >= 0.6 is 15.9 Å². The van der Waals surface area contributed by atoms with E-state index in [4.69, 9.17) is 9.77 Å². The molecule has 0 aliphatic carbocycles. The van der Waals surface area contributed by atoms with Crippen molar-refractivity contribution in [3.63, 3.8) is 0 Å². The fourth-order valence-corrected chi connectivity index (χ4v) is 3.44. The fraction of sp³-hybridized carbons (Fsp3) is 0.308. The molecule has 1 fully saturated rings. The maximum Gasteiger partial charge on any atom is 0.203 e. The molecule has 2 heterocycles. The number of oxime groups is 1. The normalized spacial score (nSPS) is 17.0. The van der Waals surface area contributed by atoms with Gasteiger partial charge in [-0.2, -0.15) is 0 Å². The summed E-state index contributed by atoms with van der Waals surface area (Å²) in [6.07, 6.45) is 0. The Morgan fingerprint density at radius 2 is 2.31 bits per heavy atom. The van der Waals surface area contributed by atoms with Crippen LogP contribution in [-0.2, 0) is 11.5 Å². The third kappa shape index (κ3) is 4.24. The second-order valence-corrected chi connectivity index (χ2v) is 7.46. The second kappa shape index (κ2) is 8.18. The van der Waals surface area contributed by atoms with Gasteiger partial charge in [-0.05, 0) is 44.4 Å². The van der Waals surface area contributed by atoms with Crippen LogP contribution < -0.4 is 15.8 Å². The number of benzene rings is 1. The average molecular weight is 448 g/mol. The number of rotatable bonds is 6. The SMILES string of the molecule is N[S+]([O-])N1CC(CNc2nonc2/C(=N/O)Nc2ccc(F)c(Br)c2)C1. The predicted molar refractivity (Wildman–Crippen MR) is 96.2 cm³/mol. The third-order valence-corrected chi connectivity index (χ3v) is 5.15. The zero-order valence-corrected chi connectivity index (χ0v) is 15.6. The van der Waals surface area contributed by atoms with Crippen LogP contribution in [0, 0.1) is 11.7 Å². The largest absolute Gasteiger partial charge is 0.579 e. The van der Waals surface area contributed by atoms with Crippen molar-refractivity contribution < 1.29 is 18.8 Å². The lowest BCUT2D eigenvalue weighted by atomic mass is 10.0. The molecule has 1 aromatic heterocycles. The first-order valence-electron chi connectivity index (χ1n) is 7.40. The summed E-state index contributed by atoms with van der Waals surface area (Å²) in [7, 11) is 0. The van der Waals surface area contributed by atoms with Gasteiger partial charge < -0.3 is 20.4 Å². The number of nitrogens with two attached hydrogens (primary N) is 1. The molecule has 26 heavy (non-hydrogen) atoms. The van der Waals surface area contributed by atoms with E-state index < -0.39 is 17.4 Å². The van der Waals surface area contributed by atoms with Crippen LogP contribution in [0.4, 0.5) is 15.9 Å². The Labute approximate surface area is 159 Å². The van der Waals surface area contributed by atoms with Gasteiger partial charge in [-0.3, -0.25) is 0 Å². The number of hydrogen-bond acceptors (Lipinski definition) is 9. The van der Waals surface area contributed by atoms with Crippen LogP contribution in [0.5, 0.6) is 0 Å². The molecule has 2 aromatic rings. The van der Waals surface area contributed by atoms with Crippen molar-refractivity contribution in [3.05, 3.63) is 34.2 Å². The van der Waals surface area contributed by atoms with Crippen LogP contribution in [-0.4, -0.2) is 49.8 Å². The molecule has 13 heteroatoms. The maximum absolute atomic E-state index is 13.3. The summed E-state index contributed by atoms with van der Waals surface area (Å²) < 4.78 is 31.0. The van der Waals surface area contributed by atoms with Gasteiger partial charge in [-0.25, -0.2) is 9.02 Å². The van der Waals surface area contributed by atoms with E-state index in [0.717, 1.165) is 0 Å². The van der Waals surface area contributed by atoms with Gasteiger partial charge in [0.15, 0.2) is 5.69 Å². The molecular formula is C13H15BrFN7O3S. The lowest BCUT2D eigenvalue weighted by Gasteiger charge is -2.35. The Morgan fingerprint density at radius 1 is 1.54 bits per heavy atom. The van der Waals surface area contributed by atoms with Gasteiger partial charge in [0.1, 0.15) is 17.4 Å². The molecule has 1 unspecified atom stereocenters. The molecule has 3 rings (SSSR count). The van der Waals surface area contributed by atoms with E-state index in [0.29, 0.717) is 25.3 Å². The van der Waals surface area contributed by atoms with Gasteiger partial charge in [0, 0.05) is 18.2 Å². The molecule has 1 aliphatic rings. The lowest BCUT2D eigenvalue weighted by molar-refractivity contribution is 0.211. The summed E-state index contributed by atoms with van der Waals surface area (Å²) in [5.74, 6) is 0.0726. The van der Waals surface area contributed by atoms with Crippen LogP contribution in [0.25, 0.3) is 0 Å².